The van der Waals surface area contributed by atoms with Gasteiger partial charge >= 0.3 is 0 Å². The Balaban J connectivity index is 1.76. The van der Waals surface area contributed by atoms with Gasteiger partial charge in [-0.2, -0.15) is 0 Å². The zero-order valence-corrected chi connectivity index (χ0v) is 12.5. The second-order valence-electron chi connectivity index (χ2n) is 6.78. The lowest BCUT2D eigenvalue weighted by Crippen LogP contribution is -2.56. The number of amides is 1. The van der Waals surface area contributed by atoms with E-state index in [1.54, 1.807) is 0 Å². The number of hydrogen-bond donors (Lipinski definition) is 2. The van der Waals surface area contributed by atoms with Crippen LogP contribution in [0.15, 0.2) is 30.3 Å². The number of primary amides is 1. The molecule has 0 aliphatic heterocycles. The summed E-state index contributed by atoms with van der Waals surface area (Å²) < 4.78 is 0. The van der Waals surface area contributed by atoms with Crippen molar-refractivity contribution in [3.8, 4) is 0 Å². The van der Waals surface area contributed by atoms with E-state index in [4.69, 9.17) is 11.5 Å². The minimum Gasteiger partial charge on any atom is -0.368 e. The highest BCUT2D eigenvalue weighted by molar-refractivity contribution is 5.86. The summed E-state index contributed by atoms with van der Waals surface area (Å²) in [5, 5.41) is 0. The smallest absolute Gasteiger partial charge is 0.243 e. The quantitative estimate of drug-likeness (QED) is 0.760. The number of rotatable bonds is 8. The minimum absolute atomic E-state index is 0.440. The highest BCUT2D eigenvalue weighted by Gasteiger charge is 2.38. The van der Waals surface area contributed by atoms with Crippen LogP contribution >= 0.6 is 0 Å². The van der Waals surface area contributed by atoms with Gasteiger partial charge in [-0.05, 0) is 43.1 Å². The number of benzene rings is 1. The van der Waals surface area contributed by atoms with Gasteiger partial charge in [0.05, 0.1) is 0 Å². The maximum atomic E-state index is 12.0. The van der Waals surface area contributed by atoms with Crippen molar-refractivity contribution in [2.24, 2.45) is 23.3 Å². The van der Waals surface area contributed by atoms with Crippen LogP contribution < -0.4 is 11.5 Å². The highest BCUT2D eigenvalue weighted by Crippen LogP contribution is 2.34. The molecule has 0 radical (unpaired) electrons. The molecule has 4 N–H and O–H groups in total. The average Bonchev–Trinajstić information content (AvgIpc) is 3.36. The van der Waals surface area contributed by atoms with Crippen molar-refractivity contribution < 1.29 is 4.79 Å². The van der Waals surface area contributed by atoms with Crippen molar-refractivity contribution in [1.29, 1.82) is 0 Å². The second-order valence-corrected chi connectivity index (χ2v) is 6.78. The summed E-state index contributed by atoms with van der Waals surface area (Å²) in [6, 6.07) is 9.55. The SMILES string of the molecule is NC(=O)C(N)(CN(CC1CC1)CC1CC1)c1ccccc1. The van der Waals surface area contributed by atoms with Crippen molar-refractivity contribution in [2.75, 3.05) is 19.6 Å². The van der Waals surface area contributed by atoms with Gasteiger partial charge in [0.25, 0.3) is 0 Å². The summed E-state index contributed by atoms with van der Waals surface area (Å²) >= 11 is 0. The van der Waals surface area contributed by atoms with E-state index in [-0.39, 0.29) is 0 Å². The van der Waals surface area contributed by atoms with Crippen molar-refractivity contribution >= 4 is 5.91 Å². The molecule has 2 aliphatic carbocycles. The molecule has 2 aliphatic rings. The van der Waals surface area contributed by atoms with Crippen LogP contribution in [-0.4, -0.2) is 30.4 Å². The van der Waals surface area contributed by atoms with E-state index < -0.39 is 11.4 Å². The summed E-state index contributed by atoms with van der Waals surface area (Å²) in [7, 11) is 0. The van der Waals surface area contributed by atoms with Gasteiger partial charge in [-0.3, -0.25) is 4.79 Å². The summed E-state index contributed by atoms with van der Waals surface area (Å²) in [4.78, 5) is 14.4. The monoisotopic (exact) mass is 287 g/mol. The molecule has 1 unspecified atom stereocenters. The van der Waals surface area contributed by atoms with Gasteiger partial charge in [-0.1, -0.05) is 30.3 Å². The number of carbonyl (C=O) groups excluding carboxylic acids is 1. The van der Waals surface area contributed by atoms with E-state index in [2.05, 4.69) is 4.90 Å². The van der Waals surface area contributed by atoms with Crippen LogP contribution in [0.4, 0.5) is 0 Å². The Morgan fingerprint density at radius 3 is 2.05 bits per heavy atom. The van der Waals surface area contributed by atoms with Gasteiger partial charge in [-0.25, -0.2) is 0 Å². The first-order valence-corrected chi connectivity index (χ1v) is 7.94. The van der Waals surface area contributed by atoms with Gasteiger partial charge < -0.3 is 16.4 Å². The van der Waals surface area contributed by atoms with Gasteiger partial charge in [0.1, 0.15) is 5.54 Å². The van der Waals surface area contributed by atoms with Gasteiger partial charge in [0.15, 0.2) is 0 Å². The maximum absolute atomic E-state index is 12.0. The molecule has 0 heterocycles. The minimum atomic E-state index is -1.09. The molecule has 4 nitrogen and oxygen atoms in total. The van der Waals surface area contributed by atoms with E-state index in [0.29, 0.717) is 6.54 Å². The number of nitrogens with zero attached hydrogens (tertiary/aromatic N) is 1. The molecule has 0 bridgehead atoms. The van der Waals surface area contributed by atoms with E-state index in [1.165, 1.54) is 25.7 Å². The van der Waals surface area contributed by atoms with Crippen molar-refractivity contribution in [3.05, 3.63) is 35.9 Å². The second kappa shape index (κ2) is 5.78. The fourth-order valence-electron chi connectivity index (χ4n) is 2.93. The Kier molecular flexibility index (Phi) is 4.00. The van der Waals surface area contributed by atoms with E-state index >= 15 is 0 Å². The molecule has 3 rings (SSSR count). The summed E-state index contributed by atoms with van der Waals surface area (Å²) in [5.41, 5.74) is 11.8. The summed E-state index contributed by atoms with van der Waals surface area (Å²) in [6.07, 6.45) is 5.22. The van der Waals surface area contributed by atoms with Crippen LogP contribution in [0.2, 0.25) is 0 Å². The highest BCUT2D eigenvalue weighted by atomic mass is 16.1. The molecular weight excluding hydrogens is 262 g/mol. The van der Waals surface area contributed by atoms with Crippen molar-refractivity contribution in [2.45, 2.75) is 31.2 Å². The predicted octanol–water partition coefficient (Wildman–Crippen LogP) is 1.45. The van der Waals surface area contributed by atoms with E-state index in [0.717, 1.165) is 30.5 Å². The fourth-order valence-corrected chi connectivity index (χ4v) is 2.93. The number of hydrogen-bond acceptors (Lipinski definition) is 3. The molecule has 1 aromatic rings. The van der Waals surface area contributed by atoms with E-state index in [1.807, 2.05) is 30.3 Å². The third-order valence-corrected chi connectivity index (χ3v) is 4.63. The third kappa shape index (κ3) is 3.63. The van der Waals surface area contributed by atoms with Crippen LogP contribution in [0.5, 0.6) is 0 Å². The van der Waals surface area contributed by atoms with Crippen LogP contribution in [0.1, 0.15) is 31.2 Å². The first-order valence-electron chi connectivity index (χ1n) is 7.94. The maximum Gasteiger partial charge on any atom is 0.243 e. The first kappa shape index (κ1) is 14.5. The molecule has 0 aromatic heterocycles. The molecule has 1 atom stereocenters. The van der Waals surface area contributed by atoms with Crippen LogP contribution in [0.3, 0.4) is 0 Å². The summed E-state index contributed by atoms with van der Waals surface area (Å²) in [6.45, 7) is 2.63. The summed E-state index contributed by atoms with van der Waals surface area (Å²) in [5.74, 6) is 1.14. The molecule has 0 spiro atoms. The van der Waals surface area contributed by atoms with Gasteiger partial charge in [-0.15, -0.1) is 0 Å². The molecule has 2 saturated carbocycles. The number of nitrogens with two attached hydrogens (primary N) is 2. The Morgan fingerprint density at radius 2 is 1.62 bits per heavy atom. The Morgan fingerprint density at radius 1 is 1.10 bits per heavy atom. The molecule has 2 fully saturated rings. The largest absolute Gasteiger partial charge is 0.368 e. The Hall–Kier alpha value is -1.39. The molecular formula is C17H25N3O. The normalized spacial score (nSPS) is 21.2. The number of carbonyl (C=O) groups is 1. The van der Waals surface area contributed by atoms with Crippen LogP contribution in [0.25, 0.3) is 0 Å². The third-order valence-electron chi connectivity index (χ3n) is 4.63. The zero-order chi connectivity index (χ0) is 14.9. The fraction of sp³-hybridized carbons (Fsp3) is 0.588. The molecule has 114 valence electrons. The Labute approximate surface area is 126 Å². The average molecular weight is 287 g/mol. The Bertz CT molecular complexity index is 482. The molecule has 1 amide bonds. The lowest BCUT2D eigenvalue weighted by atomic mass is 9.89. The van der Waals surface area contributed by atoms with Crippen molar-refractivity contribution in [1.82, 2.24) is 4.90 Å². The van der Waals surface area contributed by atoms with Crippen LogP contribution in [0, 0.1) is 11.8 Å². The standard InChI is InChI=1S/C17H25N3O/c18-16(21)17(19,15-4-2-1-3-5-15)12-20(10-13-6-7-13)11-14-8-9-14/h1-5,13-14H,6-12,19H2,(H2,18,21). The molecule has 4 heteroatoms. The van der Waals surface area contributed by atoms with Gasteiger partial charge in [0, 0.05) is 19.6 Å². The topological polar surface area (TPSA) is 72.3 Å². The van der Waals surface area contributed by atoms with E-state index in [9.17, 15) is 4.79 Å². The lowest BCUT2D eigenvalue weighted by Gasteiger charge is -2.33. The zero-order valence-electron chi connectivity index (χ0n) is 12.5. The molecule has 1 aromatic carbocycles. The van der Waals surface area contributed by atoms with Gasteiger partial charge in [0.2, 0.25) is 5.91 Å². The van der Waals surface area contributed by atoms with Crippen LogP contribution in [-0.2, 0) is 10.3 Å². The first-order chi connectivity index (χ1) is 10.1. The molecule has 0 saturated heterocycles. The van der Waals surface area contributed by atoms with Crippen molar-refractivity contribution in [3.63, 3.8) is 0 Å². The molecule has 21 heavy (non-hydrogen) atoms. The predicted molar refractivity (Wildman–Crippen MR) is 83.4 cm³/mol. The lowest BCUT2D eigenvalue weighted by molar-refractivity contribution is -0.124.